The minimum atomic E-state index is -0.312. The van der Waals surface area contributed by atoms with Crippen molar-refractivity contribution in [2.24, 2.45) is 5.73 Å². The standard InChI is InChI=1S/C12H24N2O/c1-4-8-14(9-5-2)10-6-7-11(3)12(13)15/h7H,4-6,8-10H2,1-3H3,(H2,13,15). The molecule has 3 nitrogen and oxygen atoms in total. The highest BCUT2D eigenvalue weighted by Gasteiger charge is 2.01. The Morgan fingerprint density at radius 1 is 1.20 bits per heavy atom. The number of carbonyl (C=O) groups excluding carboxylic acids is 1. The average molecular weight is 212 g/mol. The zero-order valence-corrected chi connectivity index (χ0v) is 10.3. The van der Waals surface area contributed by atoms with Crippen molar-refractivity contribution in [2.75, 3.05) is 19.6 Å². The Morgan fingerprint density at radius 3 is 2.13 bits per heavy atom. The third-order valence-corrected chi connectivity index (χ3v) is 2.36. The molecule has 15 heavy (non-hydrogen) atoms. The van der Waals surface area contributed by atoms with Crippen LogP contribution in [0.2, 0.25) is 0 Å². The zero-order chi connectivity index (χ0) is 11.7. The molecule has 3 heteroatoms. The van der Waals surface area contributed by atoms with Gasteiger partial charge in [0.05, 0.1) is 0 Å². The van der Waals surface area contributed by atoms with Gasteiger partial charge in [-0.2, -0.15) is 0 Å². The Kier molecular flexibility index (Phi) is 8.01. The quantitative estimate of drug-likeness (QED) is 0.625. The highest BCUT2D eigenvalue weighted by atomic mass is 16.1. The summed E-state index contributed by atoms with van der Waals surface area (Å²) in [5, 5.41) is 0. The van der Waals surface area contributed by atoms with E-state index in [1.807, 2.05) is 6.08 Å². The van der Waals surface area contributed by atoms with E-state index < -0.39 is 0 Å². The molecule has 0 unspecified atom stereocenters. The first-order chi connectivity index (χ1) is 7.11. The van der Waals surface area contributed by atoms with E-state index in [0.29, 0.717) is 5.57 Å². The van der Waals surface area contributed by atoms with E-state index in [0.717, 1.165) is 26.1 Å². The minimum absolute atomic E-state index is 0.312. The lowest BCUT2D eigenvalue weighted by Crippen LogP contribution is -2.26. The minimum Gasteiger partial charge on any atom is -0.366 e. The van der Waals surface area contributed by atoms with Crippen LogP contribution in [0.25, 0.3) is 0 Å². The van der Waals surface area contributed by atoms with E-state index in [2.05, 4.69) is 18.7 Å². The molecule has 1 amide bonds. The SMILES string of the molecule is CCCN(CCC)CCC=C(C)C(N)=O. The number of nitrogens with two attached hydrogens (primary N) is 1. The monoisotopic (exact) mass is 212 g/mol. The van der Waals surface area contributed by atoms with Crippen LogP contribution in [-0.2, 0) is 4.79 Å². The average Bonchev–Trinajstić information content (AvgIpc) is 2.18. The molecule has 0 heterocycles. The van der Waals surface area contributed by atoms with Crippen LogP contribution in [-0.4, -0.2) is 30.4 Å². The predicted octanol–water partition coefficient (Wildman–Crippen LogP) is 1.93. The second-order valence-corrected chi connectivity index (χ2v) is 3.88. The number of rotatable bonds is 8. The number of hydrogen-bond acceptors (Lipinski definition) is 2. The van der Waals surface area contributed by atoms with Gasteiger partial charge in [0.25, 0.3) is 0 Å². The summed E-state index contributed by atoms with van der Waals surface area (Å²) in [5.41, 5.74) is 5.82. The van der Waals surface area contributed by atoms with Crippen LogP contribution in [0.4, 0.5) is 0 Å². The first-order valence-electron chi connectivity index (χ1n) is 5.80. The smallest absolute Gasteiger partial charge is 0.244 e. The van der Waals surface area contributed by atoms with Crippen molar-refractivity contribution in [2.45, 2.75) is 40.0 Å². The summed E-state index contributed by atoms with van der Waals surface area (Å²) in [6.45, 7) is 9.44. The van der Waals surface area contributed by atoms with Crippen LogP contribution in [0, 0.1) is 0 Å². The van der Waals surface area contributed by atoms with E-state index in [1.165, 1.54) is 12.8 Å². The van der Waals surface area contributed by atoms with Crippen LogP contribution in [0.15, 0.2) is 11.6 Å². The number of carbonyl (C=O) groups is 1. The van der Waals surface area contributed by atoms with Crippen molar-refractivity contribution < 1.29 is 4.79 Å². The molecule has 0 aromatic heterocycles. The van der Waals surface area contributed by atoms with Crippen molar-refractivity contribution in [1.82, 2.24) is 4.90 Å². The summed E-state index contributed by atoms with van der Waals surface area (Å²) in [6, 6.07) is 0. The van der Waals surface area contributed by atoms with E-state index in [-0.39, 0.29) is 5.91 Å². The lowest BCUT2D eigenvalue weighted by molar-refractivity contribution is -0.114. The molecule has 0 aliphatic heterocycles. The third kappa shape index (κ3) is 7.14. The molecular formula is C12H24N2O. The molecule has 0 aliphatic rings. The second-order valence-electron chi connectivity index (χ2n) is 3.88. The molecule has 0 bridgehead atoms. The number of nitrogens with zero attached hydrogens (tertiary/aromatic N) is 1. The molecule has 0 saturated carbocycles. The van der Waals surface area contributed by atoms with Gasteiger partial charge in [-0.1, -0.05) is 19.9 Å². The van der Waals surface area contributed by atoms with Crippen molar-refractivity contribution >= 4 is 5.91 Å². The van der Waals surface area contributed by atoms with Crippen LogP contribution in [0.5, 0.6) is 0 Å². The predicted molar refractivity (Wildman–Crippen MR) is 64.6 cm³/mol. The molecule has 0 atom stereocenters. The van der Waals surface area contributed by atoms with E-state index in [4.69, 9.17) is 5.73 Å². The van der Waals surface area contributed by atoms with Crippen LogP contribution >= 0.6 is 0 Å². The maximum atomic E-state index is 10.8. The molecule has 0 saturated heterocycles. The first kappa shape index (κ1) is 14.2. The molecular weight excluding hydrogens is 188 g/mol. The number of primary amides is 1. The van der Waals surface area contributed by atoms with Crippen molar-refractivity contribution in [1.29, 1.82) is 0 Å². The van der Waals surface area contributed by atoms with Crippen molar-refractivity contribution in [3.63, 3.8) is 0 Å². The maximum Gasteiger partial charge on any atom is 0.244 e. The first-order valence-corrected chi connectivity index (χ1v) is 5.80. The zero-order valence-electron chi connectivity index (χ0n) is 10.3. The lowest BCUT2D eigenvalue weighted by Gasteiger charge is -2.19. The number of amides is 1. The highest BCUT2D eigenvalue weighted by molar-refractivity contribution is 5.91. The molecule has 0 fully saturated rings. The van der Waals surface area contributed by atoms with Gasteiger partial charge >= 0.3 is 0 Å². The molecule has 0 aliphatic carbocycles. The summed E-state index contributed by atoms with van der Waals surface area (Å²) in [7, 11) is 0. The third-order valence-electron chi connectivity index (χ3n) is 2.36. The van der Waals surface area contributed by atoms with Crippen molar-refractivity contribution in [3.05, 3.63) is 11.6 Å². The van der Waals surface area contributed by atoms with Gasteiger partial charge < -0.3 is 10.6 Å². The summed E-state index contributed by atoms with van der Waals surface area (Å²) in [4.78, 5) is 13.2. The van der Waals surface area contributed by atoms with Gasteiger partial charge in [-0.25, -0.2) is 0 Å². The molecule has 0 spiro atoms. The van der Waals surface area contributed by atoms with E-state index >= 15 is 0 Å². The van der Waals surface area contributed by atoms with Gasteiger partial charge in [-0.3, -0.25) is 4.79 Å². The van der Waals surface area contributed by atoms with Gasteiger partial charge in [0.1, 0.15) is 0 Å². The van der Waals surface area contributed by atoms with Gasteiger partial charge in [0.15, 0.2) is 0 Å². The molecule has 0 rings (SSSR count). The van der Waals surface area contributed by atoms with Gasteiger partial charge in [0, 0.05) is 12.1 Å². The summed E-state index contributed by atoms with van der Waals surface area (Å²) < 4.78 is 0. The molecule has 0 aromatic carbocycles. The highest BCUT2D eigenvalue weighted by Crippen LogP contribution is 1.99. The Balaban J connectivity index is 3.88. The van der Waals surface area contributed by atoms with Crippen LogP contribution < -0.4 is 5.73 Å². The van der Waals surface area contributed by atoms with Gasteiger partial charge in [-0.15, -0.1) is 0 Å². The fraction of sp³-hybridized carbons (Fsp3) is 0.750. The molecule has 0 aromatic rings. The van der Waals surface area contributed by atoms with Gasteiger partial charge in [-0.05, 0) is 39.3 Å². The van der Waals surface area contributed by atoms with Crippen LogP contribution in [0.1, 0.15) is 40.0 Å². The van der Waals surface area contributed by atoms with E-state index in [1.54, 1.807) is 6.92 Å². The summed E-state index contributed by atoms with van der Waals surface area (Å²) in [5.74, 6) is -0.312. The fourth-order valence-corrected chi connectivity index (χ4v) is 1.53. The van der Waals surface area contributed by atoms with Crippen molar-refractivity contribution in [3.8, 4) is 0 Å². The molecule has 88 valence electrons. The Bertz CT molecular complexity index is 206. The largest absolute Gasteiger partial charge is 0.366 e. The lowest BCUT2D eigenvalue weighted by atomic mass is 10.2. The Labute approximate surface area is 93.3 Å². The summed E-state index contributed by atoms with van der Waals surface area (Å²) >= 11 is 0. The topological polar surface area (TPSA) is 46.3 Å². The normalized spacial score (nSPS) is 12.1. The number of hydrogen-bond donors (Lipinski definition) is 1. The van der Waals surface area contributed by atoms with Gasteiger partial charge in [0.2, 0.25) is 5.91 Å². The van der Waals surface area contributed by atoms with E-state index in [9.17, 15) is 4.79 Å². The maximum absolute atomic E-state index is 10.8. The second kappa shape index (κ2) is 8.48. The molecule has 0 radical (unpaired) electrons. The van der Waals surface area contributed by atoms with Crippen LogP contribution in [0.3, 0.4) is 0 Å². The molecule has 2 N–H and O–H groups in total. The fourth-order valence-electron chi connectivity index (χ4n) is 1.53. The Hall–Kier alpha value is -0.830. The Morgan fingerprint density at radius 2 is 1.73 bits per heavy atom. The summed E-state index contributed by atoms with van der Waals surface area (Å²) in [6.07, 6.45) is 5.20.